The van der Waals surface area contributed by atoms with E-state index >= 15 is 0 Å². The largest absolute Gasteiger partial charge is 0.457 e. The molecule has 0 spiro atoms. The highest BCUT2D eigenvalue weighted by atomic mass is 16.6. The summed E-state index contributed by atoms with van der Waals surface area (Å²) in [5.41, 5.74) is 0.796. The maximum atomic E-state index is 13.1. The standard InChI is InChI=1S/C24H39NO7/c1-14(18(5)26)13-15(2)19(6)31-23(29)20-9-7-8-12-25(20)22(28)21(27)24(30)16(3)10-11-17(4)32-24/h13-14,16-20,26,30H,7-12H2,1-6H3/b15-13+/t14-,16-,17?,18+,19+,20+,24?/m1/s1. The molecule has 2 N–H and O–H groups in total. The Balaban J connectivity index is 2.13. The predicted molar refractivity (Wildman–Crippen MR) is 118 cm³/mol. The van der Waals surface area contributed by atoms with Crippen LogP contribution in [0.5, 0.6) is 0 Å². The number of carbonyl (C=O) groups is 3. The second-order valence-electron chi connectivity index (χ2n) is 9.53. The molecule has 0 saturated carbocycles. The van der Waals surface area contributed by atoms with Gasteiger partial charge in [0.25, 0.3) is 11.7 Å². The zero-order chi connectivity index (χ0) is 24.2. The average Bonchev–Trinajstić information content (AvgIpc) is 2.75. The molecule has 8 heteroatoms. The molecule has 0 bridgehead atoms. The molecule has 0 radical (unpaired) electrons. The summed E-state index contributed by atoms with van der Waals surface area (Å²) in [6.07, 6.45) is 3.50. The van der Waals surface area contributed by atoms with Gasteiger partial charge in [-0.25, -0.2) is 4.79 Å². The van der Waals surface area contributed by atoms with Crippen LogP contribution in [0.15, 0.2) is 11.6 Å². The zero-order valence-corrected chi connectivity index (χ0v) is 20.2. The Bertz CT molecular complexity index is 734. The van der Waals surface area contributed by atoms with E-state index in [0.717, 1.165) is 12.0 Å². The first-order valence-corrected chi connectivity index (χ1v) is 11.7. The van der Waals surface area contributed by atoms with E-state index in [0.29, 0.717) is 25.7 Å². The number of carbonyl (C=O) groups excluding carboxylic acids is 3. The predicted octanol–water partition coefficient (Wildman–Crippen LogP) is 2.36. The minimum absolute atomic E-state index is 0.0952. The molecular formula is C24H39NO7. The summed E-state index contributed by atoms with van der Waals surface area (Å²) in [5, 5.41) is 20.6. The molecule has 2 rings (SSSR count). The molecule has 0 aliphatic carbocycles. The Hall–Kier alpha value is -1.77. The summed E-state index contributed by atoms with van der Waals surface area (Å²) in [7, 11) is 0. The lowest BCUT2D eigenvalue weighted by atomic mass is 9.87. The lowest BCUT2D eigenvalue weighted by Gasteiger charge is -2.41. The molecule has 1 amide bonds. The van der Waals surface area contributed by atoms with Crippen LogP contribution in [-0.4, -0.2) is 69.5 Å². The number of ketones is 1. The van der Waals surface area contributed by atoms with Gasteiger partial charge in [-0.3, -0.25) is 9.59 Å². The van der Waals surface area contributed by atoms with Crippen molar-refractivity contribution in [1.29, 1.82) is 0 Å². The van der Waals surface area contributed by atoms with Crippen molar-refractivity contribution in [3.05, 3.63) is 11.6 Å². The number of hydrogen-bond acceptors (Lipinski definition) is 7. The monoisotopic (exact) mass is 453 g/mol. The third-order valence-corrected chi connectivity index (χ3v) is 6.83. The maximum absolute atomic E-state index is 13.1. The number of likely N-dealkylation sites (tertiary alicyclic amines) is 1. The topological polar surface area (TPSA) is 113 Å². The molecule has 2 saturated heterocycles. The first kappa shape index (κ1) is 26.5. The van der Waals surface area contributed by atoms with Crippen LogP contribution < -0.4 is 0 Å². The van der Waals surface area contributed by atoms with E-state index in [1.165, 1.54) is 4.90 Å². The van der Waals surface area contributed by atoms with E-state index < -0.39 is 47.6 Å². The molecule has 7 atom stereocenters. The van der Waals surface area contributed by atoms with Gasteiger partial charge in [0.15, 0.2) is 0 Å². The molecule has 2 fully saturated rings. The van der Waals surface area contributed by atoms with Gasteiger partial charge in [0, 0.05) is 18.4 Å². The number of aliphatic hydroxyl groups is 2. The van der Waals surface area contributed by atoms with Crippen LogP contribution in [0.25, 0.3) is 0 Å². The second kappa shape index (κ2) is 10.9. The summed E-state index contributed by atoms with van der Waals surface area (Å²) < 4.78 is 11.1. The fourth-order valence-electron chi connectivity index (χ4n) is 4.18. The van der Waals surface area contributed by atoms with Gasteiger partial charge in [-0.1, -0.05) is 19.9 Å². The number of Topliss-reactive ketones (excluding diaryl/α,β-unsaturated/α-hetero) is 1. The molecule has 2 aliphatic heterocycles. The molecule has 0 aromatic rings. The second-order valence-corrected chi connectivity index (χ2v) is 9.53. The average molecular weight is 454 g/mol. The number of piperidine rings is 1. The van der Waals surface area contributed by atoms with Gasteiger partial charge in [-0.2, -0.15) is 0 Å². The number of aliphatic hydroxyl groups excluding tert-OH is 1. The number of nitrogens with zero attached hydrogens (tertiary/aromatic N) is 1. The molecule has 0 aromatic carbocycles. The Morgan fingerprint density at radius 2 is 1.78 bits per heavy atom. The maximum Gasteiger partial charge on any atom is 0.329 e. The van der Waals surface area contributed by atoms with Crippen molar-refractivity contribution in [2.45, 2.75) is 104 Å². The summed E-state index contributed by atoms with van der Waals surface area (Å²) in [5.74, 6) is -5.29. The van der Waals surface area contributed by atoms with E-state index in [-0.39, 0.29) is 18.6 Å². The normalized spacial score (nSPS) is 32.1. The SMILES string of the molecule is C/C(=C\[C@@H](C)[C@H](C)O)[C@H](C)OC(=O)[C@@H]1CCCCN1C(=O)C(=O)C1(O)OC(C)CC[C@H]1C. The highest BCUT2D eigenvalue weighted by molar-refractivity contribution is 6.39. The van der Waals surface area contributed by atoms with Crippen molar-refractivity contribution in [3.63, 3.8) is 0 Å². The quantitative estimate of drug-likeness (QED) is 0.346. The van der Waals surface area contributed by atoms with Crippen LogP contribution in [0.4, 0.5) is 0 Å². The molecule has 2 unspecified atom stereocenters. The van der Waals surface area contributed by atoms with Gasteiger partial charge in [-0.15, -0.1) is 0 Å². The number of amides is 1. The third-order valence-electron chi connectivity index (χ3n) is 6.83. The lowest BCUT2D eigenvalue weighted by molar-refractivity contribution is -0.259. The molecule has 2 heterocycles. The Morgan fingerprint density at radius 3 is 2.41 bits per heavy atom. The molecule has 8 nitrogen and oxygen atoms in total. The van der Waals surface area contributed by atoms with Crippen LogP contribution in [0.2, 0.25) is 0 Å². The molecule has 182 valence electrons. The smallest absolute Gasteiger partial charge is 0.329 e. The van der Waals surface area contributed by atoms with Crippen molar-refractivity contribution in [3.8, 4) is 0 Å². The Morgan fingerprint density at radius 1 is 1.12 bits per heavy atom. The lowest BCUT2D eigenvalue weighted by Crippen LogP contribution is -2.60. The number of rotatable bonds is 7. The minimum Gasteiger partial charge on any atom is -0.457 e. The van der Waals surface area contributed by atoms with Gasteiger partial charge in [0.1, 0.15) is 12.1 Å². The van der Waals surface area contributed by atoms with Gasteiger partial charge < -0.3 is 24.6 Å². The summed E-state index contributed by atoms with van der Waals surface area (Å²) in [6.45, 7) is 10.8. The van der Waals surface area contributed by atoms with E-state index in [2.05, 4.69) is 0 Å². The summed E-state index contributed by atoms with van der Waals surface area (Å²) in [4.78, 5) is 40.3. The Labute approximate surface area is 190 Å². The first-order valence-electron chi connectivity index (χ1n) is 11.7. The van der Waals surface area contributed by atoms with E-state index in [1.54, 1.807) is 27.7 Å². The molecule has 32 heavy (non-hydrogen) atoms. The van der Waals surface area contributed by atoms with Crippen LogP contribution in [0.1, 0.15) is 73.6 Å². The fourth-order valence-corrected chi connectivity index (χ4v) is 4.18. The Kier molecular flexibility index (Phi) is 9.02. The van der Waals surface area contributed by atoms with Gasteiger partial charge in [0.05, 0.1) is 12.2 Å². The third kappa shape index (κ3) is 5.97. The van der Waals surface area contributed by atoms with Crippen LogP contribution in [-0.2, 0) is 23.9 Å². The highest BCUT2D eigenvalue weighted by Crippen LogP contribution is 2.34. The summed E-state index contributed by atoms with van der Waals surface area (Å²) >= 11 is 0. The molecular weight excluding hydrogens is 414 g/mol. The first-order chi connectivity index (χ1) is 14.9. The number of hydrogen-bond donors (Lipinski definition) is 2. The molecule has 2 aliphatic rings. The van der Waals surface area contributed by atoms with E-state index in [1.807, 2.05) is 19.9 Å². The van der Waals surface area contributed by atoms with Gasteiger partial charge >= 0.3 is 5.97 Å². The van der Waals surface area contributed by atoms with Gasteiger partial charge in [-0.05, 0) is 65.4 Å². The van der Waals surface area contributed by atoms with Crippen molar-refractivity contribution >= 4 is 17.7 Å². The van der Waals surface area contributed by atoms with Crippen LogP contribution in [0.3, 0.4) is 0 Å². The van der Waals surface area contributed by atoms with Crippen LogP contribution >= 0.6 is 0 Å². The number of esters is 1. The zero-order valence-electron chi connectivity index (χ0n) is 20.2. The van der Waals surface area contributed by atoms with E-state index in [9.17, 15) is 24.6 Å². The van der Waals surface area contributed by atoms with Crippen LogP contribution in [0, 0.1) is 11.8 Å². The highest BCUT2D eigenvalue weighted by Gasteiger charge is 2.52. The number of ether oxygens (including phenoxy) is 2. The minimum atomic E-state index is -2.18. The van der Waals surface area contributed by atoms with Crippen molar-refractivity contribution < 1.29 is 34.1 Å². The van der Waals surface area contributed by atoms with Crippen molar-refractivity contribution in [2.24, 2.45) is 11.8 Å². The summed E-state index contributed by atoms with van der Waals surface area (Å²) in [6, 6.07) is -0.885. The van der Waals surface area contributed by atoms with Crippen molar-refractivity contribution in [1.82, 2.24) is 4.90 Å². The fraction of sp³-hybridized carbons (Fsp3) is 0.792. The van der Waals surface area contributed by atoms with E-state index in [4.69, 9.17) is 9.47 Å². The van der Waals surface area contributed by atoms with Crippen molar-refractivity contribution in [2.75, 3.05) is 6.54 Å². The molecule has 0 aromatic heterocycles. The van der Waals surface area contributed by atoms with Gasteiger partial charge in [0.2, 0.25) is 5.79 Å².